The number of sulfone groups is 1. The summed E-state index contributed by atoms with van der Waals surface area (Å²) in [5.41, 5.74) is 8.10. The summed E-state index contributed by atoms with van der Waals surface area (Å²) in [4.78, 5) is 0.309. The highest BCUT2D eigenvalue weighted by molar-refractivity contribution is 7.90. The summed E-state index contributed by atoms with van der Waals surface area (Å²) in [6.07, 6.45) is 1.93. The van der Waals surface area contributed by atoms with Gasteiger partial charge in [-0.1, -0.05) is 12.1 Å². The molecule has 0 atom stereocenters. The molecule has 1 aromatic carbocycles. The second-order valence-electron chi connectivity index (χ2n) is 4.11. The minimum Gasteiger partial charge on any atom is -0.330 e. The van der Waals surface area contributed by atoms with E-state index in [-0.39, 0.29) is 0 Å². The predicted molar refractivity (Wildman–Crippen MR) is 69.9 cm³/mol. The van der Waals surface area contributed by atoms with Crippen molar-refractivity contribution in [1.82, 2.24) is 10.2 Å². The van der Waals surface area contributed by atoms with E-state index in [0.717, 1.165) is 23.4 Å². The minimum atomic E-state index is -3.15. The van der Waals surface area contributed by atoms with Crippen LogP contribution in [0.25, 0.3) is 11.3 Å². The zero-order valence-electron chi connectivity index (χ0n) is 10.1. The fourth-order valence-corrected chi connectivity index (χ4v) is 2.30. The van der Waals surface area contributed by atoms with E-state index in [1.807, 2.05) is 6.07 Å². The van der Waals surface area contributed by atoms with Crippen molar-refractivity contribution < 1.29 is 8.42 Å². The molecule has 0 unspecified atom stereocenters. The van der Waals surface area contributed by atoms with Gasteiger partial charge in [-0.25, -0.2) is 8.42 Å². The summed E-state index contributed by atoms with van der Waals surface area (Å²) in [5, 5.41) is 7.07. The molecule has 0 saturated heterocycles. The summed E-state index contributed by atoms with van der Waals surface area (Å²) in [5.74, 6) is 0. The molecule has 1 aromatic heterocycles. The first-order valence-corrected chi connectivity index (χ1v) is 7.44. The second-order valence-corrected chi connectivity index (χ2v) is 6.13. The fourth-order valence-electron chi connectivity index (χ4n) is 1.67. The molecule has 0 bridgehead atoms. The van der Waals surface area contributed by atoms with Crippen LogP contribution in [0, 0.1) is 0 Å². The SMILES string of the molecule is CS(=O)(=O)c1ccc(-c2cc(CCN)[nH]n2)cc1. The smallest absolute Gasteiger partial charge is 0.175 e. The molecule has 5 nitrogen and oxygen atoms in total. The Hall–Kier alpha value is -1.66. The number of nitrogens with one attached hydrogen (secondary N) is 1. The maximum Gasteiger partial charge on any atom is 0.175 e. The molecule has 0 aliphatic heterocycles. The third kappa shape index (κ3) is 2.77. The Kier molecular flexibility index (Phi) is 3.49. The molecule has 2 aromatic rings. The number of hydrogen-bond acceptors (Lipinski definition) is 4. The van der Waals surface area contributed by atoms with E-state index in [4.69, 9.17) is 5.73 Å². The molecule has 0 saturated carbocycles. The van der Waals surface area contributed by atoms with Gasteiger partial charge in [0.15, 0.2) is 9.84 Å². The zero-order chi connectivity index (χ0) is 13.2. The summed E-state index contributed by atoms with van der Waals surface area (Å²) < 4.78 is 22.7. The van der Waals surface area contributed by atoms with Gasteiger partial charge in [-0.05, 0) is 24.7 Å². The largest absolute Gasteiger partial charge is 0.330 e. The highest BCUT2D eigenvalue weighted by Crippen LogP contribution is 2.20. The van der Waals surface area contributed by atoms with Gasteiger partial charge in [-0.2, -0.15) is 5.10 Å². The van der Waals surface area contributed by atoms with Gasteiger partial charge in [0, 0.05) is 23.9 Å². The Morgan fingerprint density at radius 2 is 1.94 bits per heavy atom. The van der Waals surface area contributed by atoms with Crippen LogP contribution in [0.2, 0.25) is 0 Å². The number of nitrogens with two attached hydrogens (primary N) is 1. The summed E-state index contributed by atoms with van der Waals surface area (Å²) in [6.45, 7) is 0.564. The Morgan fingerprint density at radius 1 is 1.28 bits per heavy atom. The zero-order valence-corrected chi connectivity index (χ0v) is 10.9. The normalized spacial score (nSPS) is 11.7. The van der Waals surface area contributed by atoms with E-state index in [1.54, 1.807) is 24.3 Å². The standard InChI is InChI=1S/C12H15N3O2S/c1-18(16,17)11-4-2-9(3-5-11)12-8-10(6-7-13)14-15-12/h2-5,8H,6-7,13H2,1H3,(H,14,15). The molecule has 0 aliphatic rings. The molecule has 96 valence electrons. The van der Waals surface area contributed by atoms with Crippen molar-refractivity contribution in [2.75, 3.05) is 12.8 Å². The topological polar surface area (TPSA) is 88.8 Å². The molecule has 6 heteroatoms. The van der Waals surface area contributed by atoms with E-state index in [1.165, 1.54) is 6.26 Å². The Bertz CT molecular complexity index is 630. The van der Waals surface area contributed by atoms with E-state index < -0.39 is 9.84 Å². The minimum absolute atomic E-state index is 0.309. The highest BCUT2D eigenvalue weighted by Gasteiger charge is 2.08. The number of hydrogen-bond donors (Lipinski definition) is 2. The van der Waals surface area contributed by atoms with Crippen molar-refractivity contribution >= 4 is 9.84 Å². The lowest BCUT2D eigenvalue weighted by molar-refractivity contribution is 0.602. The van der Waals surface area contributed by atoms with Crippen LogP contribution in [0.1, 0.15) is 5.69 Å². The molecule has 0 radical (unpaired) electrons. The van der Waals surface area contributed by atoms with Crippen molar-refractivity contribution in [3.05, 3.63) is 36.0 Å². The Balaban J connectivity index is 2.28. The molecule has 1 heterocycles. The Labute approximate surface area is 106 Å². The van der Waals surface area contributed by atoms with E-state index in [2.05, 4.69) is 10.2 Å². The maximum absolute atomic E-state index is 11.3. The molecule has 0 aliphatic carbocycles. The summed E-state index contributed by atoms with van der Waals surface area (Å²) >= 11 is 0. The molecule has 3 N–H and O–H groups in total. The number of rotatable bonds is 4. The lowest BCUT2D eigenvalue weighted by Gasteiger charge is -1.99. The van der Waals surface area contributed by atoms with Crippen molar-refractivity contribution in [1.29, 1.82) is 0 Å². The maximum atomic E-state index is 11.3. The third-order valence-corrected chi connectivity index (χ3v) is 3.75. The molecular weight excluding hydrogens is 250 g/mol. The van der Waals surface area contributed by atoms with Gasteiger partial charge in [0.2, 0.25) is 0 Å². The van der Waals surface area contributed by atoms with Crippen LogP contribution in [0.4, 0.5) is 0 Å². The number of H-pyrrole nitrogens is 1. The van der Waals surface area contributed by atoms with Crippen LogP contribution in [0.15, 0.2) is 35.2 Å². The van der Waals surface area contributed by atoms with Gasteiger partial charge in [-0.3, -0.25) is 5.10 Å². The van der Waals surface area contributed by atoms with Crippen molar-refractivity contribution in [2.45, 2.75) is 11.3 Å². The van der Waals surface area contributed by atoms with Crippen LogP contribution in [-0.2, 0) is 16.3 Å². The molecule has 18 heavy (non-hydrogen) atoms. The number of nitrogens with zero attached hydrogens (tertiary/aromatic N) is 1. The first-order chi connectivity index (χ1) is 8.50. The monoisotopic (exact) mass is 265 g/mol. The second kappa shape index (κ2) is 4.91. The number of benzene rings is 1. The average Bonchev–Trinajstić information content (AvgIpc) is 2.77. The van der Waals surface area contributed by atoms with E-state index in [9.17, 15) is 8.42 Å². The average molecular weight is 265 g/mol. The molecular formula is C12H15N3O2S. The predicted octanol–water partition coefficient (Wildman–Crippen LogP) is 0.981. The molecule has 2 rings (SSSR count). The lowest BCUT2D eigenvalue weighted by Crippen LogP contribution is -2.02. The first-order valence-electron chi connectivity index (χ1n) is 5.55. The van der Waals surface area contributed by atoms with Gasteiger partial charge in [0.1, 0.15) is 0 Å². The van der Waals surface area contributed by atoms with Gasteiger partial charge >= 0.3 is 0 Å². The fraction of sp³-hybridized carbons (Fsp3) is 0.250. The van der Waals surface area contributed by atoms with E-state index >= 15 is 0 Å². The molecule has 0 fully saturated rings. The lowest BCUT2D eigenvalue weighted by atomic mass is 10.1. The van der Waals surface area contributed by atoms with Gasteiger partial charge in [0.05, 0.1) is 10.6 Å². The van der Waals surface area contributed by atoms with Crippen molar-refractivity contribution in [3.8, 4) is 11.3 Å². The van der Waals surface area contributed by atoms with Crippen LogP contribution in [0.3, 0.4) is 0 Å². The molecule has 0 spiro atoms. The van der Waals surface area contributed by atoms with Crippen LogP contribution >= 0.6 is 0 Å². The van der Waals surface area contributed by atoms with Gasteiger partial charge < -0.3 is 5.73 Å². The third-order valence-electron chi connectivity index (χ3n) is 2.62. The van der Waals surface area contributed by atoms with Crippen LogP contribution < -0.4 is 5.73 Å². The van der Waals surface area contributed by atoms with E-state index in [0.29, 0.717) is 11.4 Å². The van der Waals surface area contributed by atoms with Gasteiger partial charge in [-0.15, -0.1) is 0 Å². The van der Waals surface area contributed by atoms with Crippen molar-refractivity contribution in [3.63, 3.8) is 0 Å². The summed E-state index contributed by atoms with van der Waals surface area (Å²) in [7, 11) is -3.15. The first kappa shape index (κ1) is 12.8. The quantitative estimate of drug-likeness (QED) is 0.862. The van der Waals surface area contributed by atoms with Crippen molar-refractivity contribution in [2.24, 2.45) is 5.73 Å². The van der Waals surface area contributed by atoms with Crippen LogP contribution in [0.5, 0.6) is 0 Å². The van der Waals surface area contributed by atoms with Crippen LogP contribution in [-0.4, -0.2) is 31.4 Å². The highest BCUT2D eigenvalue weighted by atomic mass is 32.2. The Morgan fingerprint density at radius 3 is 2.50 bits per heavy atom. The van der Waals surface area contributed by atoms with Gasteiger partial charge in [0.25, 0.3) is 0 Å². The summed E-state index contributed by atoms with van der Waals surface area (Å²) in [6, 6.07) is 8.59. The number of aromatic amines is 1. The molecule has 0 amide bonds. The number of aromatic nitrogens is 2.